The highest BCUT2D eigenvalue weighted by atomic mass is 16.4. The lowest BCUT2D eigenvalue weighted by atomic mass is 10.1. The first kappa shape index (κ1) is 55.0. The van der Waals surface area contributed by atoms with Gasteiger partial charge in [0, 0.05) is 34.6 Å². The topological polar surface area (TPSA) is 436 Å². The van der Waals surface area contributed by atoms with Crippen molar-refractivity contribution in [3.05, 3.63) is 0 Å². The van der Waals surface area contributed by atoms with Gasteiger partial charge in [-0.15, -0.1) is 0 Å². The highest BCUT2D eigenvalue weighted by Crippen LogP contribution is 1.96. The Balaban J connectivity index is -0.000000188. The molecule has 0 aliphatic heterocycles. The third kappa shape index (κ3) is 35.7. The number of carboxylic acids is 5. The van der Waals surface area contributed by atoms with Gasteiger partial charge in [0.25, 0.3) is 0 Å². The molecule has 0 aliphatic carbocycles. The molecule has 0 saturated heterocycles. The first-order chi connectivity index (χ1) is 23.5. The summed E-state index contributed by atoms with van der Waals surface area (Å²) in [7, 11) is 5.61. The molecule has 5 unspecified atom stereocenters. The van der Waals surface area contributed by atoms with Crippen molar-refractivity contribution in [1.82, 2.24) is 26.6 Å². The van der Waals surface area contributed by atoms with E-state index in [-0.39, 0.29) is 37.5 Å². The lowest BCUT2D eigenvalue weighted by Gasteiger charge is -2.17. The number of hydrogen-bond acceptors (Lipinski definition) is 14. The van der Waals surface area contributed by atoms with Crippen LogP contribution in [0.15, 0.2) is 0 Å². The number of amides is 5. The second kappa shape index (κ2) is 33.1. The van der Waals surface area contributed by atoms with E-state index in [0.717, 1.165) is 0 Å². The number of nitrogens with two attached hydrogens (primary N) is 4. The molecule has 0 aromatic carbocycles. The van der Waals surface area contributed by atoms with Crippen molar-refractivity contribution in [1.29, 1.82) is 0 Å². The molecule has 0 fully saturated rings. The van der Waals surface area contributed by atoms with Crippen molar-refractivity contribution in [2.24, 2.45) is 22.9 Å². The third-order valence-electron chi connectivity index (χ3n) is 5.25. The van der Waals surface area contributed by atoms with Crippen LogP contribution in [0.3, 0.4) is 0 Å². The Morgan fingerprint density at radius 2 is 0.843 bits per heavy atom. The van der Waals surface area contributed by atoms with Crippen LogP contribution in [0.5, 0.6) is 0 Å². The van der Waals surface area contributed by atoms with Gasteiger partial charge in [0.15, 0.2) is 0 Å². The van der Waals surface area contributed by atoms with E-state index in [1.54, 1.807) is 0 Å². The van der Waals surface area contributed by atoms with E-state index in [1.165, 1.54) is 28.2 Å². The van der Waals surface area contributed by atoms with Crippen LogP contribution in [-0.2, 0) is 47.9 Å². The average molecular weight is 744 g/mol. The largest absolute Gasteiger partial charge is 0.481 e. The number of nitrogens with one attached hydrogen (secondary N) is 5. The van der Waals surface area contributed by atoms with Crippen LogP contribution in [0, 0.1) is 0 Å². The van der Waals surface area contributed by atoms with Crippen molar-refractivity contribution < 1.29 is 73.5 Å². The van der Waals surface area contributed by atoms with Crippen LogP contribution >= 0.6 is 0 Å². The highest BCUT2D eigenvalue weighted by Gasteiger charge is 2.26. The molecule has 0 saturated carbocycles. The zero-order chi connectivity index (χ0) is 41.4. The maximum atomic E-state index is 11.4. The molecule has 24 nitrogen and oxygen atoms in total. The van der Waals surface area contributed by atoms with Gasteiger partial charge < -0.3 is 75.1 Å². The number of carbonyl (C=O) groups is 10. The summed E-state index contributed by atoms with van der Waals surface area (Å²) in [5.41, 5.74) is 20.6. The van der Waals surface area contributed by atoms with E-state index in [9.17, 15) is 47.9 Å². The van der Waals surface area contributed by atoms with E-state index in [2.05, 4.69) is 26.6 Å². The quantitative estimate of drug-likeness (QED) is 0.0660. The van der Waals surface area contributed by atoms with E-state index < -0.39 is 90.6 Å². The lowest BCUT2D eigenvalue weighted by molar-refractivity contribution is -0.142. The molecule has 296 valence electrons. The minimum atomic E-state index is -1.34. The van der Waals surface area contributed by atoms with Crippen molar-refractivity contribution in [3.8, 4) is 0 Å². The molecule has 0 heterocycles. The summed E-state index contributed by atoms with van der Waals surface area (Å²) in [6.07, 6.45) is -1.41. The number of carbonyl (C=O) groups excluding carboxylic acids is 5. The van der Waals surface area contributed by atoms with Crippen LogP contribution in [-0.4, -0.2) is 143 Å². The SMILES string of the molecule is CC.CNC(=O)C(CC(=O)O)NC(=O)C(N)CC(=O)O.CNC(=O)C(N)CC(=O)O.CNC(=O)CC(N)C(=O)O.CNC(=O)CCC(N)C(=O)O. The van der Waals surface area contributed by atoms with Gasteiger partial charge in [0.1, 0.15) is 18.1 Å². The Morgan fingerprint density at radius 3 is 1.16 bits per heavy atom. The molecule has 5 amide bonds. The molecule has 0 bridgehead atoms. The Morgan fingerprint density at radius 1 is 0.471 bits per heavy atom. The maximum Gasteiger partial charge on any atom is 0.321 e. The highest BCUT2D eigenvalue weighted by molar-refractivity contribution is 5.93. The predicted octanol–water partition coefficient (Wildman–Crippen LogP) is -5.49. The van der Waals surface area contributed by atoms with Crippen LogP contribution in [0.4, 0.5) is 0 Å². The molecule has 0 aromatic rings. The lowest BCUT2D eigenvalue weighted by Crippen LogP contribution is -2.52. The van der Waals surface area contributed by atoms with Crippen molar-refractivity contribution in [2.75, 3.05) is 28.2 Å². The van der Waals surface area contributed by atoms with Gasteiger partial charge in [0.05, 0.1) is 37.8 Å². The maximum absolute atomic E-state index is 11.4. The van der Waals surface area contributed by atoms with Crippen LogP contribution in [0.2, 0.25) is 0 Å². The second-order valence-electron chi connectivity index (χ2n) is 9.27. The average Bonchev–Trinajstić information content (AvgIpc) is 3.06. The van der Waals surface area contributed by atoms with Gasteiger partial charge in [-0.3, -0.25) is 47.9 Å². The summed E-state index contributed by atoms with van der Waals surface area (Å²) in [6.45, 7) is 4.00. The molecular weight excluding hydrogens is 690 g/mol. The number of aliphatic carboxylic acids is 5. The molecule has 0 rings (SSSR count). The summed E-state index contributed by atoms with van der Waals surface area (Å²) in [6, 6.07) is -5.61. The Hall–Kier alpha value is -5.46. The van der Waals surface area contributed by atoms with Crippen molar-refractivity contribution in [3.63, 3.8) is 0 Å². The summed E-state index contributed by atoms with van der Waals surface area (Å²) in [5, 5.41) is 52.9. The van der Waals surface area contributed by atoms with Gasteiger partial charge in [-0.1, -0.05) is 13.8 Å². The third-order valence-corrected chi connectivity index (χ3v) is 5.25. The van der Waals surface area contributed by atoms with Gasteiger partial charge in [-0.05, 0) is 6.42 Å². The summed E-state index contributed by atoms with van der Waals surface area (Å²) >= 11 is 0. The molecule has 51 heavy (non-hydrogen) atoms. The van der Waals surface area contributed by atoms with Gasteiger partial charge >= 0.3 is 29.8 Å². The minimum Gasteiger partial charge on any atom is -0.481 e. The number of rotatable bonds is 17. The van der Waals surface area contributed by atoms with Crippen molar-refractivity contribution >= 4 is 59.4 Å². The van der Waals surface area contributed by atoms with Gasteiger partial charge in [0.2, 0.25) is 29.5 Å². The molecule has 18 N–H and O–H groups in total. The number of likely N-dealkylation sites (N-methyl/N-ethyl adjacent to an activating group) is 2. The fraction of sp³-hybridized carbons (Fsp3) is 0.630. The van der Waals surface area contributed by atoms with E-state index in [4.69, 9.17) is 48.5 Å². The summed E-state index contributed by atoms with van der Waals surface area (Å²) in [5.74, 6) is -8.48. The molecule has 24 heteroatoms. The van der Waals surface area contributed by atoms with Crippen LogP contribution in [0.25, 0.3) is 0 Å². The summed E-state index contributed by atoms with van der Waals surface area (Å²) in [4.78, 5) is 105. The number of hydrogen-bond donors (Lipinski definition) is 14. The molecule has 0 aliphatic rings. The Bertz CT molecular complexity index is 1140. The van der Waals surface area contributed by atoms with Gasteiger partial charge in [-0.25, -0.2) is 0 Å². The van der Waals surface area contributed by atoms with Crippen molar-refractivity contribution in [2.45, 2.75) is 82.6 Å². The molecular formula is C27H53N9O15. The zero-order valence-corrected chi connectivity index (χ0v) is 29.3. The smallest absolute Gasteiger partial charge is 0.321 e. The Labute approximate surface area is 293 Å². The fourth-order valence-corrected chi connectivity index (χ4v) is 2.51. The molecule has 0 radical (unpaired) electrons. The summed E-state index contributed by atoms with van der Waals surface area (Å²) < 4.78 is 0. The molecule has 5 atom stereocenters. The van der Waals surface area contributed by atoms with E-state index >= 15 is 0 Å². The normalized spacial score (nSPS) is 12.2. The monoisotopic (exact) mass is 743 g/mol. The second-order valence-corrected chi connectivity index (χ2v) is 9.27. The first-order valence-electron chi connectivity index (χ1n) is 14.8. The zero-order valence-electron chi connectivity index (χ0n) is 29.3. The predicted molar refractivity (Wildman–Crippen MR) is 177 cm³/mol. The molecule has 0 aromatic heterocycles. The van der Waals surface area contributed by atoms with Gasteiger partial charge in [-0.2, -0.15) is 0 Å². The van der Waals surface area contributed by atoms with Crippen LogP contribution in [0.1, 0.15) is 52.4 Å². The minimum absolute atomic E-state index is 0.157. The van der Waals surface area contributed by atoms with E-state index in [1.807, 2.05) is 13.8 Å². The molecule has 0 spiro atoms. The Kier molecular flexibility index (Phi) is 35.6. The standard InChI is InChI=1S/C9H15N3O6.C6H12N2O3.2C5H10N2O3.C2H6/c1-11-9(18)5(3-7(15)16)12-8(17)4(10)2-6(13)14;1-8-5(9)3-2-4(7)6(10)11;1-7-5(10)3(6)2-4(8)9;1-7-4(8)2-3(6)5(9)10;1-2/h4-5H,2-3,10H2,1H3,(H,11,18)(H,12,17)(H,13,14)(H,15,16);4H,2-3,7H2,1H3,(H,8,9)(H,10,11);3H,2,6H2,1H3,(H,7,10)(H,8,9);3H,2,6H2,1H3,(H,7,8)(H,9,10);1-2H3. The van der Waals surface area contributed by atoms with Crippen LogP contribution < -0.4 is 49.5 Å². The fourth-order valence-electron chi connectivity index (χ4n) is 2.51. The number of carboxylic acid groups (broad SMARTS) is 5. The first-order valence-corrected chi connectivity index (χ1v) is 14.8. The van der Waals surface area contributed by atoms with E-state index in [0.29, 0.717) is 0 Å².